The Bertz CT molecular complexity index is 332. The molecule has 0 radical (unpaired) electrons. The highest BCUT2D eigenvalue weighted by molar-refractivity contribution is 5.86. The molecule has 1 fully saturated rings. The summed E-state index contributed by atoms with van der Waals surface area (Å²) in [5.41, 5.74) is -1.18. The van der Waals surface area contributed by atoms with E-state index in [-0.39, 0.29) is 12.1 Å². The summed E-state index contributed by atoms with van der Waals surface area (Å²) in [4.78, 5) is 25.1. The van der Waals surface area contributed by atoms with Gasteiger partial charge in [0.15, 0.2) is 0 Å². The number of carbonyl (C=O) groups excluding carboxylic acids is 1. The van der Waals surface area contributed by atoms with E-state index in [1.165, 1.54) is 0 Å². The predicted molar refractivity (Wildman–Crippen MR) is 69.4 cm³/mol. The lowest BCUT2D eigenvalue weighted by Crippen LogP contribution is -2.58. The number of carbonyl (C=O) groups is 2. The number of hydrogen-bond acceptors (Lipinski definition) is 2. The molecule has 1 heterocycles. The number of hydrogen-bond donors (Lipinski definition) is 2. The zero-order chi connectivity index (χ0) is 13.9. The van der Waals surface area contributed by atoms with E-state index in [0.717, 1.165) is 12.8 Å². The number of amides is 2. The van der Waals surface area contributed by atoms with Crippen molar-refractivity contribution < 1.29 is 14.7 Å². The van der Waals surface area contributed by atoms with Gasteiger partial charge in [-0.3, -0.25) is 0 Å². The van der Waals surface area contributed by atoms with Crippen molar-refractivity contribution in [1.82, 2.24) is 10.2 Å². The molecule has 0 saturated carbocycles. The van der Waals surface area contributed by atoms with Gasteiger partial charge in [-0.1, -0.05) is 13.8 Å². The average molecular weight is 256 g/mol. The van der Waals surface area contributed by atoms with Crippen LogP contribution in [0.15, 0.2) is 0 Å². The molecule has 1 aliphatic rings. The van der Waals surface area contributed by atoms with E-state index < -0.39 is 11.5 Å². The quantitative estimate of drug-likeness (QED) is 0.812. The molecule has 1 aliphatic heterocycles. The van der Waals surface area contributed by atoms with Gasteiger partial charge in [-0.2, -0.15) is 0 Å². The van der Waals surface area contributed by atoms with E-state index in [1.807, 2.05) is 6.92 Å². The Morgan fingerprint density at radius 2 is 2.06 bits per heavy atom. The third kappa shape index (κ3) is 3.15. The van der Waals surface area contributed by atoms with Gasteiger partial charge >= 0.3 is 12.0 Å². The molecule has 2 N–H and O–H groups in total. The van der Waals surface area contributed by atoms with Crippen LogP contribution in [0.5, 0.6) is 0 Å². The summed E-state index contributed by atoms with van der Waals surface area (Å²) < 4.78 is 0. The first-order valence-electron chi connectivity index (χ1n) is 6.62. The minimum atomic E-state index is -1.18. The topological polar surface area (TPSA) is 69.6 Å². The highest BCUT2D eigenvalue weighted by Crippen LogP contribution is 2.22. The summed E-state index contributed by atoms with van der Waals surface area (Å²) in [5.74, 6) is -0.363. The van der Waals surface area contributed by atoms with Crippen molar-refractivity contribution >= 4 is 12.0 Å². The Hall–Kier alpha value is -1.26. The summed E-state index contributed by atoms with van der Waals surface area (Å²) in [6, 6.07) is -0.0928. The minimum absolute atomic E-state index is 0.170. The smallest absolute Gasteiger partial charge is 0.329 e. The fourth-order valence-corrected chi connectivity index (χ4v) is 2.31. The van der Waals surface area contributed by atoms with Crippen LogP contribution in [-0.4, -0.2) is 40.1 Å². The molecular formula is C13H24N2O3. The number of piperidine rings is 1. The summed E-state index contributed by atoms with van der Waals surface area (Å²) in [6.45, 7) is 8.20. The third-order valence-corrected chi connectivity index (χ3v) is 3.96. The van der Waals surface area contributed by atoms with Gasteiger partial charge in [-0.15, -0.1) is 0 Å². The molecule has 0 spiro atoms. The van der Waals surface area contributed by atoms with Crippen LogP contribution >= 0.6 is 0 Å². The minimum Gasteiger partial charge on any atom is -0.480 e. The van der Waals surface area contributed by atoms with Gasteiger partial charge in [0.25, 0.3) is 0 Å². The Kier molecular flexibility index (Phi) is 4.59. The van der Waals surface area contributed by atoms with Crippen molar-refractivity contribution in [2.24, 2.45) is 5.92 Å². The molecular weight excluding hydrogens is 232 g/mol. The van der Waals surface area contributed by atoms with Crippen LogP contribution < -0.4 is 5.32 Å². The zero-order valence-corrected chi connectivity index (χ0v) is 11.7. The maximum Gasteiger partial charge on any atom is 0.329 e. The van der Waals surface area contributed by atoms with Crippen LogP contribution in [0, 0.1) is 5.92 Å². The lowest BCUT2D eigenvalue weighted by atomic mass is 9.93. The molecule has 1 saturated heterocycles. The number of aliphatic carboxylic acids is 1. The zero-order valence-electron chi connectivity index (χ0n) is 11.7. The maximum absolute atomic E-state index is 12.1. The molecule has 3 unspecified atom stereocenters. The van der Waals surface area contributed by atoms with Crippen molar-refractivity contribution in [1.29, 1.82) is 0 Å². The summed E-state index contributed by atoms with van der Waals surface area (Å²) >= 11 is 0. The number of likely N-dealkylation sites (tertiary alicyclic amines) is 1. The van der Waals surface area contributed by atoms with E-state index in [0.29, 0.717) is 18.9 Å². The van der Waals surface area contributed by atoms with Crippen molar-refractivity contribution in [3.63, 3.8) is 0 Å². The van der Waals surface area contributed by atoms with Gasteiger partial charge in [0.2, 0.25) is 0 Å². The predicted octanol–water partition coefficient (Wildman–Crippen LogP) is 2.07. The van der Waals surface area contributed by atoms with Crippen LogP contribution in [0.25, 0.3) is 0 Å². The molecule has 5 nitrogen and oxygen atoms in total. The van der Waals surface area contributed by atoms with E-state index in [1.54, 1.807) is 18.7 Å². The molecule has 0 bridgehead atoms. The average Bonchev–Trinajstić information content (AvgIpc) is 2.28. The van der Waals surface area contributed by atoms with Crippen LogP contribution in [0.4, 0.5) is 4.79 Å². The molecule has 0 aliphatic carbocycles. The number of nitrogens with zero attached hydrogens (tertiary/aromatic N) is 1. The highest BCUT2D eigenvalue weighted by atomic mass is 16.4. The van der Waals surface area contributed by atoms with Gasteiger partial charge in [-0.05, 0) is 39.0 Å². The number of rotatable bonds is 3. The molecule has 5 heteroatoms. The second-order valence-corrected chi connectivity index (χ2v) is 5.59. The summed E-state index contributed by atoms with van der Waals surface area (Å²) in [6.07, 6.45) is 2.32. The number of carboxylic acid groups (broad SMARTS) is 1. The summed E-state index contributed by atoms with van der Waals surface area (Å²) in [5, 5.41) is 11.8. The third-order valence-electron chi connectivity index (χ3n) is 3.96. The molecule has 104 valence electrons. The number of urea groups is 1. The monoisotopic (exact) mass is 256 g/mol. The SMILES string of the molecule is CCC(C)(NC(=O)N1CCC(C)CC1C)C(=O)O. The lowest BCUT2D eigenvalue weighted by molar-refractivity contribution is -0.143. The van der Waals surface area contributed by atoms with E-state index in [4.69, 9.17) is 5.11 Å². The Morgan fingerprint density at radius 1 is 1.44 bits per heavy atom. The molecule has 0 aromatic carbocycles. The van der Waals surface area contributed by atoms with E-state index >= 15 is 0 Å². The first kappa shape index (κ1) is 14.8. The molecule has 0 aromatic heterocycles. The largest absolute Gasteiger partial charge is 0.480 e. The standard InChI is InChI=1S/C13H24N2O3/c1-5-13(4,11(16)17)14-12(18)15-7-6-9(2)8-10(15)3/h9-10H,5-8H2,1-4H3,(H,14,18)(H,16,17). The Morgan fingerprint density at radius 3 is 2.50 bits per heavy atom. The maximum atomic E-state index is 12.1. The Labute approximate surface area is 109 Å². The molecule has 18 heavy (non-hydrogen) atoms. The van der Waals surface area contributed by atoms with Gasteiger partial charge in [0.05, 0.1) is 0 Å². The van der Waals surface area contributed by atoms with Crippen LogP contribution in [0.3, 0.4) is 0 Å². The molecule has 1 rings (SSSR count). The van der Waals surface area contributed by atoms with Crippen LogP contribution in [0.2, 0.25) is 0 Å². The van der Waals surface area contributed by atoms with Crippen LogP contribution in [0.1, 0.15) is 47.0 Å². The lowest BCUT2D eigenvalue weighted by Gasteiger charge is -2.38. The van der Waals surface area contributed by atoms with Gasteiger partial charge < -0.3 is 15.3 Å². The number of carboxylic acids is 1. The highest BCUT2D eigenvalue weighted by Gasteiger charge is 2.36. The molecule has 2 amide bonds. The van der Waals surface area contributed by atoms with E-state index in [9.17, 15) is 9.59 Å². The first-order chi connectivity index (χ1) is 8.30. The van der Waals surface area contributed by atoms with Gasteiger partial charge in [-0.25, -0.2) is 9.59 Å². The first-order valence-corrected chi connectivity index (χ1v) is 6.62. The van der Waals surface area contributed by atoms with Gasteiger partial charge in [0, 0.05) is 12.6 Å². The summed E-state index contributed by atoms with van der Waals surface area (Å²) in [7, 11) is 0. The van der Waals surface area contributed by atoms with E-state index in [2.05, 4.69) is 12.2 Å². The Balaban J connectivity index is 2.68. The van der Waals surface area contributed by atoms with Crippen LogP contribution in [-0.2, 0) is 4.79 Å². The fourth-order valence-electron chi connectivity index (χ4n) is 2.31. The second-order valence-electron chi connectivity index (χ2n) is 5.59. The number of nitrogens with one attached hydrogen (secondary N) is 1. The van der Waals surface area contributed by atoms with Crippen molar-refractivity contribution in [2.75, 3.05) is 6.54 Å². The van der Waals surface area contributed by atoms with Crippen molar-refractivity contribution in [3.8, 4) is 0 Å². The van der Waals surface area contributed by atoms with Crippen molar-refractivity contribution in [3.05, 3.63) is 0 Å². The normalized spacial score (nSPS) is 27.4. The van der Waals surface area contributed by atoms with Crippen molar-refractivity contribution in [2.45, 2.75) is 58.5 Å². The molecule has 3 atom stereocenters. The second kappa shape index (κ2) is 5.59. The fraction of sp³-hybridized carbons (Fsp3) is 0.846. The molecule has 0 aromatic rings. The van der Waals surface area contributed by atoms with Gasteiger partial charge in [0.1, 0.15) is 5.54 Å².